The van der Waals surface area contributed by atoms with E-state index >= 15 is 0 Å². The van der Waals surface area contributed by atoms with E-state index in [2.05, 4.69) is 20.9 Å². The fourth-order valence-electron chi connectivity index (χ4n) is 4.30. The Morgan fingerprint density at radius 1 is 0.949 bits per heavy atom. The number of amides is 3. The van der Waals surface area contributed by atoms with Crippen molar-refractivity contribution in [2.45, 2.75) is 77.5 Å². The highest BCUT2D eigenvalue weighted by atomic mass is 32.2. The summed E-state index contributed by atoms with van der Waals surface area (Å²) in [6.45, 7) is 7.31. The number of hydrogen-bond acceptors (Lipinski definition) is 6. The van der Waals surface area contributed by atoms with Gasteiger partial charge in [-0.1, -0.05) is 58.7 Å². The van der Waals surface area contributed by atoms with Gasteiger partial charge in [0.15, 0.2) is 0 Å². The van der Waals surface area contributed by atoms with Crippen LogP contribution >= 0.6 is 11.8 Å². The maximum Gasteiger partial charge on any atom is 0.326 e. The molecule has 10 nitrogen and oxygen atoms in total. The number of H-pyrrole nitrogens is 1. The highest BCUT2D eigenvalue weighted by Gasteiger charge is 2.34. The summed E-state index contributed by atoms with van der Waals surface area (Å²) in [6.07, 6.45) is 5.51. The number of carbonyl (C=O) groups excluding carboxylic acids is 3. The largest absolute Gasteiger partial charge is 0.480 e. The molecule has 6 atom stereocenters. The van der Waals surface area contributed by atoms with Gasteiger partial charge in [-0.3, -0.25) is 14.4 Å². The zero-order chi connectivity index (χ0) is 29.1. The summed E-state index contributed by atoms with van der Waals surface area (Å²) in [7, 11) is 0. The zero-order valence-corrected chi connectivity index (χ0v) is 24.3. The highest BCUT2D eigenvalue weighted by Crippen LogP contribution is 2.19. The van der Waals surface area contributed by atoms with E-state index in [-0.39, 0.29) is 18.3 Å². The minimum atomic E-state index is -1.12. The van der Waals surface area contributed by atoms with Crippen LogP contribution in [0.2, 0.25) is 0 Å². The molecule has 7 N–H and O–H groups in total. The molecule has 3 amide bonds. The molecule has 39 heavy (non-hydrogen) atoms. The molecule has 6 unspecified atom stereocenters. The van der Waals surface area contributed by atoms with Crippen LogP contribution in [0.3, 0.4) is 0 Å². The van der Waals surface area contributed by atoms with Gasteiger partial charge in [0.05, 0.1) is 6.04 Å². The van der Waals surface area contributed by atoms with Crippen molar-refractivity contribution >= 4 is 46.4 Å². The van der Waals surface area contributed by atoms with Gasteiger partial charge >= 0.3 is 5.97 Å². The average molecular weight is 562 g/mol. The van der Waals surface area contributed by atoms with Crippen LogP contribution < -0.4 is 21.7 Å². The Morgan fingerprint density at radius 3 is 2.18 bits per heavy atom. The molecule has 0 bridgehead atoms. The van der Waals surface area contributed by atoms with Gasteiger partial charge in [-0.15, -0.1) is 0 Å². The summed E-state index contributed by atoms with van der Waals surface area (Å²) in [6, 6.07) is 3.93. The molecule has 0 aliphatic heterocycles. The molecule has 0 aliphatic rings. The van der Waals surface area contributed by atoms with Crippen molar-refractivity contribution in [2.75, 3.05) is 12.0 Å². The SMILES string of the molecule is CCC(C)C(NC(=O)C(NC(=O)C(CCSC)NC(=O)C(N)Cc1c[nH]c2ccccc12)C(C)CC)C(=O)O. The topological polar surface area (TPSA) is 166 Å². The summed E-state index contributed by atoms with van der Waals surface area (Å²) in [5.41, 5.74) is 8.09. The van der Waals surface area contributed by atoms with E-state index in [1.165, 1.54) is 11.8 Å². The molecule has 0 spiro atoms. The molecule has 0 fully saturated rings. The lowest BCUT2D eigenvalue weighted by Gasteiger charge is -2.29. The number of carbonyl (C=O) groups is 4. The second-order valence-electron chi connectivity index (χ2n) is 10.1. The van der Waals surface area contributed by atoms with Crippen molar-refractivity contribution in [3.63, 3.8) is 0 Å². The number of carboxylic acids is 1. The Labute approximate surface area is 234 Å². The fourth-order valence-corrected chi connectivity index (χ4v) is 4.77. The molecule has 0 saturated heterocycles. The summed E-state index contributed by atoms with van der Waals surface area (Å²) < 4.78 is 0. The van der Waals surface area contributed by atoms with Crippen molar-refractivity contribution < 1.29 is 24.3 Å². The number of nitrogens with two attached hydrogens (primary N) is 1. The van der Waals surface area contributed by atoms with Crippen molar-refractivity contribution in [3.8, 4) is 0 Å². The van der Waals surface area contributed by atoms with Crippen LogP contribution in [0.15, 0.2) is 30.5 Å². The molecule has 216 valence electrons. The first kappa shape index (κ1) is 32.2. The Bertz CT molecular complexity index is 1120. The van der Waals surface area contributed by atoms with Gasteiger partial charge in [0.25, 0.3) is 0 Å². The second kappa shape index (κ2) is 15.5. The van der Waals surface area contributed by atoms with E-state index in [4.69, 9.17) is 5.73 Å². The lowest BCUT2D eigenvalue weighted by molar-refractivity contribution is -0.144. The predicted molar refractivity (Wildman–Crippen MR) is 155 cm³/mol. The van der Waals surface area contributed by atoms with Crippen LogP contribution in [-0.4, -0.2) is 70.0 Å². The number of aliphatic carboxylic acids is 1. The molecule has 1 aromatic carbocycles. The zero-order valence-electron chi connectivity index (χ0n) is 23.5. The molecule has 1 aromatic heterocycles. The van der Waals surface area contributed by atoms with E-state index in [9.17, 15) is 24.3 Å². The molecule has 1 heterocycles. The Morgan fingerprint density at radius 2 is 1.56 bits per heavy atom. The lowest BCUT2D eigenvalue weighted by Crippen LogP contribution is -2.59. The fraction of sp³-hybridized carbons (Fsp3) is 0.571. The van der Waals surface area contributed by atoms with Crippen LogP contribution in [0, 0.1) is 11.8 Å². The standard InChI is InChI=1S/C28H43N5O5S/c1-6-16(3)23(27(36)33-24(28(37)38)17(4)7-2)32-26(35)22(12-13-39-5)31-25(34)20(29)14-18-15-30-21-11-9-8-10-19(18)21/h8-11,15-17,20,22-24,30H,6-7,12-14,29H2,1-5H3,(H,31,34)(H,32,35)(H,33,36)(H,37,38). The van der Waals surface area contributed by atoms with Gasteiger partial charge in [0.2, 0.25) is 17.7 Å². The highest BCUT2D eigenvalue weighted by molar-refractivity contribution is 7.98. The van der Waals surface area contributed by atoms with Crippen LogP contribution in [0.5, 0.6) is 0 Å². The monoisotopic (exact) mass is 561 g/mol. The minimum absolute atomic E-state index is 0.263. The number of para-hydroxylation sites is 1. The molecule has 2 aromatic rings. The molecule has 11 heteroatoms. The van der Waals surface area contributed by atoms with E-state index < -0.39 is 47.9 Å². The maximum atomic E-state index is 13.4. The van der Waals surface area contributed by atoms with E-state index in [0.717, 1.165) is 16.5 Å². The first-order valence-corrected chi connectivity index (χ1v) is 14.9. The lowest BCUT2D eigenvalue weighted by atomic mass is 9.95. The summed E-state index contributed by atoms with van der Waals surface area (Å²) in [5, 5.41) is 18.7. The Hall–Kier alpha value is -3.05. The molecule has 2 rings (SSSR count). The third kappa shape index (κ3) is 8.99. The van der Waals surface area contributed by atoms with Gasteiger partial charge in [0, 0.05) is 17.1 Å². The first-order valence-electron chi connectivity index (χ1n) is 13.5. The van der Waals surface area contributed by atoms with Crippen LogP contribution in [0.1, 0.15) is 52.5 Å². The van der Waals surface area contributed by atoms with E-state index in [1.54, 1.807) is 6.92 Å². The maximum absolute atomic E-state index is 13.4. The second-order valence-corrected chi connectivity index (χ2v) is 11.1. The van der Waals surface area contributed by atoms with E-state index in [0.29, 0.717) is 25.0 Å². The molecular formula is C28H43N5O5S. The third-order valence-electron chi connectivity index (χ3n) is 7.27. The first-order chi connectivity index (χ1) is 18.5. The Balaban J connectivity index is 2.14. The van der Waals surface area contributed by atoms with Gasteiger partial charge in [-0.2, -0.15) is 11.8 Å². The van der Waals surface area contributed by atoms with Gasteiger partial charge in [0.1, 0.15) is 18.1 Å². The van der Waals surface area contributed by atoms with E-state index in [1.807, 2.05) is 57.5 Å². The summed E-state index contributed by atoms with van der Waals surface area (Å²) in [4.78, 5) is 54.5. The van der Waals surface area contributed by atoms with Crippen molar-refractivity contribution in [1.29, 1.82) is 0 Å². The average Bonchev–Trinajstić information content (AvgIpc) is 3.33. The number of benzene rings is 1. The van der Waals surface area contributed by atoms with Crippen LogP contribution in [0.25, 0.3) is 10.9 Å². The number of carboxylic acid groups (broad SMARTS) is 1. The normalized spacial score (nSPS) is 15.9. The number of aromatic nitrogens is 1. The molecule has 0 radical (unpaired) electrons. The minimum Gasteiger partial charge on any atom is -0.480 e. The van der Waals surface area contributed by atoms with Crippen molar-refractivity contribution in [3.05, 3.63) is 36.0 Å². The van der Waals surface area contributed by atoms with Gasteiger partial charge < -0.3 is 31.8 Å². The van der Waals surface area contributed by atoms with Gasteiger partial charge in [-0.25, -0.2) is 4.79 Å². The quantitative estimate of drug-likeness (QED) is 0.183. The third-order valence-corrected chi connectivity index (χ3v) is 7.91. The number of nitrogens with one attached hydrogen (secondary N) is 4. The number of hydrogen-bond donors (Lipinski definition) is 6. The molecular weight excluding hydrogens is 518 g/mol. The smallest absolute Gasteiger partial charge is 0.326 e. The Kier molecular flexibility index (Phi) is 12.8. The molecule has 0 aliphatic carbocycles. The van der Waals surface area contributed by atoms with Crippen LogP contribution in [0.4, 0.5) is 0 Å². The number of aromatic amines is 1. The summed E-state index contributed by atoms with van der Waals surface area (Å²) in [5.74, 6) is -2.60. The van der Waals surface area contributed by atoms with Crippen molar-refractivity contribution in [2.24, 2.45) is 17.6 Å². The number of rotatable bonds is 16. The number of thioether (sulfide) groups is 1. The number of fused-ring (bicyclic) bond motifs is 1. The van der Waals surface area contributed by atoms with Crippen molar-refractivity contribution in [1.82, 2.24) is 20.9 Å². The predicted octanol–water partition coefficient (Wildman–Crippen LogP) is 2.42. The molecule has 0 saturated carbocycles. The summed E-state index contributed by atoms with van der Waals surface area (Å²) >= 11 is 1.53. The van der Waals surface area contributed by atoms with Crippen LogP contribution in [-0.2, 0) is 25.6 Å². The van der Waals surface area contributed by atoms with Gasteiger partial charge in [-0.05, 0) is 48.3 Å².